The molecule has 0 amide bonds. The average Bonchev–Trinajstić information content (AvgIpc) is 3.06. The molecule has 1 unspecified atom stereocenters. The fraction of sp³-hybridized carbons (Fsp3) is 0.595. The van der Waals surface area contributed by atoms with E-state index in [2.05, 4.69) is 9.97 Å². The molecule has 3 aliphatic rings. The van der Waals surface area contributed by atoms with Crippen LogP contribution in [0, 0.1) is 5.41 Å². The molecule has 0 bridgehead atoms. The van der Waals surface area contributed by atoms with Crippen molar-refractivity contribution in [2.75, 3.05) is 24.6 Å². The second-order valence-corrected chi connectivity index (χ2v) is 15.1. The molecule has 284 valence electrons. The number of hydrogen-bond acceptors (Lipinski definition) is 6. The Morgan fingerprint density at radius 3 is 2.10 bits per heavy atom. The van der Waals surface area contributed by atoms with Crippen molar-refractivity contribution in [2.45, 2.75) is 114 Å². The van der Waals surface area contributed by atoms with Gasteiger partial charge in [-0.3, -0.25) is 4.98 Å². The van der Waals surface area contributed by atoms with E-state index in [0.717, 1.165) is 24.3 Å². The summed E-state index contributed by atoms with van der Waals surface area (Å²) in [5.41, 5.74) is 0.716. The van der Waals surface area contributed by atoms with E-state index in [1.165, 1.54) is 12.4 Å². The standard InChI is InChI=1S/C37H41F9N4O2/c1-34(2)17-26-29(27(51)18-34)28(21-7-11-35(39,40)12-8-21)30(31(38)22-3-5-24(6-4-22)37(44,45)46)32(49-26)23-9-14-50(15-10-23)33-47-19-25(20-48-33)52-16-13-36(41,42)43/h3-6,19-21,23,27,31,51H,7-18H2,1-2H3/t27-,31?/m0/s1. The first-order valence-corrected chi connectivity index (χ1v) is 17.5. The number of benzene rings is 1. The van der Waals surface area contributed by atoms with Crippen LogP contribution < -0.4 is 9.64 Å². The van der Waals surface area contributed by atoms with Gasteiger partial charge < -0.3 is 14.7 Å². The molecule has 2 atom stereocenters. The number of fused-ring (bicyclic) bond motifs is 1. The summed E-state index contributed by atoms with van der Waals surface area (Å²) in [7, 11) is 0. The normalized spacial score (nSPS) is 21.8. The predicted molar refractivity (Wildman–Crippen MR) is 174 cm³/mol. The van der Waals surface area contributed by atoms with E-state index < -0.39 is 67.9 Å². The van der Waals surface area contributed by atoms with Gasteiger partial charge in [-0.2, -0.15) is 26.3 Å². The summed E-state index contributed by atoms with van der Waals surface area (Å²) in [6.45, 7) is 4.19. The van der Waals surface area contributed by atoms with Crippen molar-refractivity contribution in [2.24, 2.45) is 5.41 Å². The number of aliphatic hydroxyl groups excluding tert-OH is 1. The van der Waals surface area contributed by atoms with Gasteiger partial charge in [-0.15, -0.1) is 0 Å². The van der Waals surface area contributed by atoms with Crippen molar-refractivity contribution >= 4 is 5.95 Å². The highest BCUT2D eigenvalue weighted by molar-refractivity contribution is 5.51. The highest BCUT2D eigenvalue weighted by atomic mass is 19.4. The third-order valence-electron chi connectivity index (χ3n) is 10.5. The Hall–Kier alpha value is -3.62. The minimum absolute atomic E-state index is 0.0348. The number of aliphatic hydroxyl groups is 1. The van der Waals surface area contributed by atoms with Crippen LogP contribution in [0.2, 0.25) is 0 Å². The van der Waals surface area contributed by atoms with Crippen molar-refractivity contribution in [1.82, 2.24) is 15.0 Å². The first-order valence-electron chi connectivity index (χ1n) is 17.5. The Morgan fingerprint density at radius 2 is 1.52 bits per heavy atom. The molecule has 1 aliphatic heterocycles. The number of rotatable bonds is 8. The molecule has 3 heterocycles. The number of alkyl halides is 9. The first kappa shape index (κ1) is 38.1. The average molecular weight is 745 g/mol. The van der Waals surface area contributed by atoms with Gasteiger partial charge in [-0.1, -0.05) is 26.0 Å². The number of pyridine rings is 1. The van der Waals surface area contributed by atoms with Gasteiger partial charge in [-0.05, 0) is 73.1 Å². The summed E-state index contributed by atoms with van der Waals surface area (Å²) < 4.78 is 129. The third kappa shape index (κ3) is 8.60. The molecule has 2 fully saturated rings. The van der Waals surface area contributed by atoms with Gasteiger partial charge in [0.25, 0.3) is 0 Å². The Bertz CT molecular complexity index is 1690. The van der Waals surface area contributed by atoms with Crippen LogP contribution in [0.3, 0.4) is 0 Å². The second-order valence-electron chi connectivity index (χ2n) is 15.1. The highest BCUT2D eigenvalue weighted by Crippen LogP contribution is 2.52. The van der Waals surface area contributed by atoms with Crippen LogP contribution >= 0.6 is 0 Å². The van der Waals surface area contributed by atoms with Gasteiger partial charge in [0.2, 0.25) is 11.9 Å². The fourth-order valence-corrected chi connectivity index (χ4v) is 7.90. The topological polar surface area (TPSA) is 71.4 Å². The lowest BCUT2D eigenvalue weighted by molar-refractivity contribution is -0.139. The maximum atomic E-state index is 17.2. The molecule has 15 heteroatoms. The van der Waals surface area contributed by atoms with Crippen molar-refractivity contribution in [3.05, 3.63) is 75.9 Å². The van der Waals surface area contributed by atoms with Gasteiger partial charge in [0.1, 0.15) is 0 Å². The van der Waals surface area contributed by atoms with E-state index in [4.69, 9.17) is 9.72 Å². The monoisotopic (exact) mass is 744 g/mol. The molecule has 1 aromatic carbocycles. The molecule has 1 saturated carbocycles. The van der Waals surface area contributed by atoms with Crippen LogP contribution in [0.4, 0.5) is 45.5 Å². The fourth-order valence-electron chi connectivity index (χ4n) is 7.90. The van der Waals surface area contributed by atoms with E-state index in [1.807, 2.05) is 18.7 Å². The number of ether oxygens (including phenoxy) is 1. The van der Waals surface area contributed by atoms with Crippen LogP contribution in [-0.4, -0.2) is 51.9 Å². The molecule has 0 spiro atoms. The van der Waals surface area contributed by atoms with E-state index in [9.17, 15) is 40.2 Å². The molecule has 1 saturated heterocycles. The summed E-state index contributed by atoms with van der Waals surface area (Å²) in [6.07, 6.45) is -9.52. The van der Waals surface area contributed by atoms with Crippen LogP contribution in [0.25, 0.3) is 0 Å². The lowest BCUT2D eigenvalue weighted by Gasteiger charge is -2.41. The van der Waals surface area contributed by atoms with Crippen LogP contribution in [0.15, 0.2) is 36.7 Å². The molecule has 0 radical (unpaired) electrons. The van der Waals surface area contributed by atoms with Crippen molar-refractivity contribution in [3.8, 4) is 5.75 Å². The van der Waals surface area contributed by atoms with Crippen molar-refractivity contribution < 1.29 is 49.4 Å². The quantitative estimate of drug-likeness (QED) is 0.232. The van der Waals surface area contributed by atoms with Crippen LogP contribution in [0.5, 0.6) is 5.75 Å². The zero-order chi connectivity index (χ0) is 37.6. The summed E-state index contributed by atoms with van der Waals surface area (Å²) >= 11 is 0. The number of hydrogen-bond donors (Lipinski definition) is 1. The van der Waals surface area contributed by atoms with Gasteiger partial charge in [-0.25, -0.2) is 23.1 Å². The molecule has 3 aromatic rings. The Balaban J connectivity index is 1.36. The molecular formula is C37H41F9N4O2. The maximum absolute atomic E-state index is 17.2. The zero-order valence-electron chi connectivity index (χ0n) is 28.8. The summed E-state index contributed by atoms with van der Waals surface area (Å²) in [5, 5.41) is 11.6. The summed E-state index contributed by atoms with van der Waals surface area (Å²) in [5.74, 6) is -3.32. The van der Waals surface area contributed by atoms with Gasteiger partial charge in [0.15, 0.2) is 11.9 Å². The van der Waals surface area contributed by atoms with Gasteiger partial charge in [0, 0.05) is 48.7 Å². The maximum Gasteiger partial charge on any atom is 0.416 e. The molecular weight excluding hydrogens is 703 g/mol. The Morgan fingerprint density at radius 1 is 0.904 bits per heavy atom. The van der Waals surface area contributed by atoms with E-state index in [-0.39, 0.29) is 41.1 Å². The molecule has 52 heavy (non-hydrogen) atoms. The first-order chi connectivity index (χ1) is 24.3. The molecule has 6 nitrogen and oxygen atoms in total. The third-order valence-corrected chi connectivity index (χ3v) is 10.5. The lowest BCUT2D eigenvalue weighted by Crippen LogP contribution is -2.36. The minimum atomic E-state index is -4.63. The number of piperidine rings is 1. The van der Waals surface area contributed by atoms with E-state index in [1.54, 1.807) is 0 Å². The summed E-state index contributed by atoms with van der Waals surface area (Å²) in [4.78, 5) is 15.4. The zero-order valence-corrected chi connectivity index (χ0v) is 28.8. The van der Waals surface area contributed by atoms with Crippen LogP contribution in [0.1, 0.15) is 129 Å². The van der Waals surface area contributed by atoms with Gasteiger partial charge >= 0.3 is 12.4 Å². The largest absolute Gasteiger partial charge is 0.490 e. The van der Waals surface area contributed by atoms with Crippen LogP contribution in [-0.2, 0) is 12.6 Å². The Kier molecular flexibility index (Phi) is 10.5. The molecule has 2 aliphatic carbocycles. The van der Waals surface area contributed by atoms with Crippen molar-refractivity contribution in [1.29, 1.82) is 0 Å². The number of nitrogens with zero attached hydrogens (tertiary/aromatic N) is 4. The number of anilines is 1. The van der Waals surface area contributed by atoms with E-state index >= 15 is 4.39 Å². The Labute approximate surface area is 295 Å². The molecule has 2 aromatic heterocycles. The smallest absolute Gasteiger partial charge is 0.416 e. The highest BCUT2D eigenvalue weighted by Gasteiger charge is 2.44. The number of halogens is 9. The molecule has 6 rings (SSSR count). The van der Waals surface area contributed by atoms with Crippen molar-refractivity contribution in [3.63, 3.8) is 0 Å². The predicted octanol–water partition coefficient (Wildman–Crippen LogP) is 9.96. The minimum Gasteiger partial charge on any atom is -0.490 e. The lowest BCUT2D eigenvalue weighted by atomic mass is 9.68. The number of aromatic nitrogens is 3. The SMILES string of the molecule is CC1(C)Cc2nc(C3CCN(c4ncc(OCCC(F)(F)F)cn4)CC3)c(C(F)c3ccc(C(F)(F)F)cc3)c(C3CCC(F)(F)CC3)c2[C@@H](O)C1. The second kappa shape index (κ2) is 14.3. The van der Waals surface area contributed by atoms with Gasteiger partial charge in [0.05, 0.1) is 42.8 Å². The summed E-state index contributed by atoms with van der Waals surface area (Å²) in [6, 6.07) is 3.81. The van der Waals surface area contributed by atoms with E-state index in [0.29, 0.717) is 67.2 Å². The molecule has 1 N–H and O–H groups in total.